The summed E-state index contributed by atoms with van der Waals surface area (Å²) in [5.74, 6) is 6.66. The average molecular weight is 380 g/mol. The molecule has 27 heavy (non-hydrogen) atoms. The lowest BCUT2D eigenvalue weighted by atomic mass is 9.77. The van der Waals surface area contributed by atoms with Gasteiger partial charge in [-0.05, 0) is 43.0 Å². The van der Waals surface area contributed by atoms with E-state index in [9.17, 15) is 13.2 Å². The molecule has 1 fully saturated rings. The van der Waals surface area contributed by atoms with Crippen LogP contribution in [0.1, 0.15) is 30.4 Å². The monoisotopic (exact) mass is 380 g/mol. The first-order valence-corrected chi connectivity index (χ1v) is 8.84. The van der Waals surface area contributed by atoms with Crippen molar-refractivity contribution in [1.82, 2.24) is 5.01 Å². The van der Waals surface area contributed by atoms with Crippen molar-refractivity contribution in [3.63, 3.8) is 0 Å². The van der Waals surface area contributed by atoms with Gasteiger partial charge in [0, 0.05) is 18.5 Å². The van der Waals surface area contributed by atoms with Crippen LogP contribution in [0.2, 0.25) is 0 Å². The van der Waals surface area contributed by atoms with Crippen molar-refractivity contribution in [2.24, 2.45) is 5.84 Å². The van der Waals surface area contributed by atoms with Crippen LogP contribution in [-0.4, -0.2) is 25.0 Å². The summed E-state index contributed by atoms with van der Waals surface area (Å²) in [7, 11) is 1.50. The van der Waals surface area contributed by atoms with Crippen LogP contribution in [0.5, 0.6) is 11.5 Å². The Morgan fingerprint density at radius 3 is 2.48 bits per heavy atom. The Kier molecular flexibility index (Phi) is 5.62. The van der Waals surface area contributed by atoms with Gasteiger partial charge in [0.1, 0.15) is 11.5 Å². The van der Waals surface area contributed by atoms with Gasteiger partial charge in [-0.15, -0.1) is 13.2 Å². The number of nitrogens with two attached hydrogens (primary N) is 1. The Bertz CT molecular complexity index is 768. The zero-order chi connectivity index (χ0) is 19.5. The molecule has 0 spiro atoms. The zero-order valence-corrected chi connectivity index (χ0v) is 15.1. The van der Waals surface area contributed by atoms with Crippen LogP contribution in [0.25, 0.3) is 0 Å². The highest BCUT2D eigenvalue weighted by atomic mass is 19.4. The molecule has 2 N–H and O–H groups in total. The molecule has 1 heterocycles. The van der Waals surface area contributed by atoms with E-state index in [0.29, 0.717) is 17.7 Å². The number of rotatable bonds is 5. The molecule has 1 saturated heterocycles. The van der Waals surface area contributed by atoms with Crippen molar-refractivity contribution < 1.29 is 22.6 Å². The molecule has 2 aromatic carbocycles. The molecule has 1 atom stereocenters. The Hall–Kier alpha value is -2.25. The highest BCUT2D eigenvalue weighted by molar-refractivity contribution is 5.43. The van der Waals surface area contributed by atoms with E-state index >= 15 is 0 Å². The molecule has 0 aliphatic carbocycles. The number of alkyl halides is 3. The summed E-state index contributed by atoms with van der Waals surface area (Å²) < 4.78 is 47.4. The minimum absolute atomic E-state index is 0.263. The quantitative estimate of drug-likeness (QED) is 0.782. The lowest BCUT2D eigenvalue weighted by Gasteiger charge is -2.45. The first-order chi connectivity index (χ1) is 12.8. The molecular formula is C20H23F3N2O2. The van der Waals surface area contributed by atoms with Crippen molar-refractivity contribution in [2.45, 2.75) is 37.6 Å². The van der Waals surface area contributed by atoms with Crippen molar-refractivity contribution >= 4 is 0 Å². The molecule has 0 radical (unpaired) electrons. The highest BCUT2D eigenvalue weighted by Gasteiger charge is 2.40. The van der Waals surface area contributed by atoms with Crippen LogP contribution in [0.15, 0.2) is 48.5 Å². The summed E-state index contributed by atoms with van der Waals surface area (Å²) >= 11 is 0. The van der Waals surface area contributed by atoms with Crippen LogP contribution in [-0.2, 0) is 12.0 Å². The number of hydrogen-bond donors (Lipinski definition) is 1. The number of hydrogen-bond acceptors (Lipinski definition) is 4. The topological polar surface area (TPSA) is 47.7 Å². The average Bonchev–Trinajstić information content (AvgIpc) is 2.63. The number of methoxy groups -OCH3 is 1. The SMILES string of the molecule is COc1ccc(OC(F)(F)F)cc1CC1(c2ccccc2)CCCCN1N. The van der Waals surface area contributed by atoms with Gasteiger partial charge >= 0.3 is 6.36 Å². The van der Waals surface area contributed by atoms with Crippen molar-refractivity contribution in [3.8, 4) is 11.5 Å². The van der Waals surface area contributed by atoms with E-state index in [1.807, 2.05) is 35.3 Å². The Labute approximate surface area is 156 Å². The molecule has 3 rings (SSSR count). The maximum absolute atomic E-state index is 12.6. The van der Waals surface area contributed by atoms with Gasteiger partial charge in [0.05, 0.1) is 12.6 Å². The molecule has 4 nitrogen and oxygen atoms in total. The second-order valence-corrected chi connectivity index (χ2v) is 6.75. The van der Waals surface area contributed by atoms with Gasteiger partial charge in [0.2, 0.25) is 0 Å². The molecule has 0 saturated carbocycles. The van der Waals surface area contributed by atoms with Crippen LogP contribution in [0.3, 0.4) is 0 Å². The van der Waals surface area contributed by atoms with Gasteiger partial charge in [0.25, 0.3) is 0 Å². The zero-order valence-electron chi connectivity index (χ0n) is 15.1. The standard InChI is InChI=1S/C20H23F3N2O2/c1-26-18-10-9-17(27-20(21,22)23)13-15(18)14-19(11-5-6-12-25(19)24)16-7-3-2-4-8-16/h2-4,7-10,13H,5-6,11-12,14,24H2,1H3. The third kappa shape index (κ3) is 4.36. The van der Waals surface area contributed by atoms with Crippen molar-refractivity contribution in [2.75, 3.05) is 13.7 Å². The number of ether oxygens (including phenoxy) is 2. The second kappa shape index (κ2) is 7.78. The minimum atomic E-state index is -4.74. The van der Waals surface area contributed by atoms with Gasteiger partial charge in [-0.25, -0.2) is 5.01 Å². The molecule has 1 unspecified atom stereocenters. The summed E-state index contributed by atoms with van der Waals surface area (Å²) in [6.45, 7) is 0.718. The third-order valence-electron chi connectivity index (χ3n) is 5.07. The van der Waals surface area contributed by atoms with Gasteiger partial charge in [-0.2, -0.15) is 0 Å². The molecule has 1 aliphatic rings. The Morgan fingerprint density at radius 2 is 1.85 bits per heavy atom. The van der Waals surface area contributed by atoms with Crippen LogP contribution >= 0.6 is 0 Å². The van der Waals surface area contributed by atoms with Gasteiger partial charge < -0.3 is 9.47 Å². The fourth-order valence-corrected chi connectivity index (χ4v) is 3.81. The van der Waals surface area contributed by atoms with Gasteiger partial charge in [0.15, 0.2) is 0 Å². The van der Waals surface area contributed by atoms with E-state index in [1.165, 1.54) is 25.3 Å². The lowest BCUT2D eigenvalue weighted by molar-refractivity contribution is -0.274. The van der Waals surface area contributed by atoms with Crippen molar-refractivity contribution in [1.29, 1.82) is 0 Å². The predicted molar refractivity (Wildman–Crippen MR) is 96.2 cm³/mol. The minimum Gasteiger partial charge on any atom is -0.496 e. The number of benzene rings is 2. The summed E-state index contributed by atoms with van der Waals surface area (Å²) in [4.78, 5) is 0. The Balaban J connectivity index is 2.02. The molecule has 1 aliphatic heterocycles. The molecule has 7 heteroatoms. The van der Waals surface area contributed by atoms with E-state index in [1.54, 1.807) is 0 Å². The maximum atomic E-state index is 12.6. The third-order valence-corrected chi connectivity index (χ3v) is 5.07. The fourth-order valence-electron chi connectivity index (χ4n) is 3.81. The molecule has 0 bridgehead atoms. The van der Waals surface area contributed by atoms with E-state index < -0.39 is 11.9 Å². The molecule has 0 amide bonds. The van der Waals surface area contributed by atoms with E-state index in [2.05, 4.69) is 4.74 Å². The van der Waals surface area contributed by atoms with Crippen LogP contribution in [0.4, 0.5) is 13.2 Å². The summed E-state index contributed by atoms with van der Waals surface area (Å²) in [6.07, 6.45) is -1.54. The largest absolute Gasteiger partial charge is 0.573 e. The summed E-state index contributed by atoms with van der Waals surface area (Å²) in [5, 5.41) is 1.81. The molecule has 146 valence electrons. The first-order valence-electron chi connectivity index (χ1n) is 8.84. The van der Waals surface area contributed by atoms with Crippen molar-refractivity contribution in [3.05, 3.63) is 59.7 Å². The molecule has 2 aromatic rings. The maximum Gasteiger partial charge on any atom is 0.573 e. The number of hydrazine groups is 1. The van der Waals surface area contributed by atoms with E-state index in [-0.39, 0.29) is 5.75 Å². The smallest absolute Gasteiger partial charge is 0.496 e. The first kappa shape index (κ1) is 19.5. The van der Waals surface area contributed by atoms with E-state index in [4.69, 9.17) is 10.6 Å². The van der Waals surface area contributed by atoms with E-state index in [0.717, 1.165) is 31.4 Å². The summed E-state index contributed by atoms with van der Waals surface area (Å²) in [6, 6.07) is 14.0. The van der Waals surface area contributed by atoms with Gasteiger partial charge in [-0.1, -0.05) is 30.3 Å². The predicted octanol–water partition coefficient (Wildman–Crippen LogP) is 4.39. The fraction of sp³-hybridized carbons (Fsp3) is 0.400. The molecule has 0 aromatic heterocycles. The normalized spacial score (nSPS) is 21.1. The van der Waals surface area contributed by atoms with Crippen LogP contribution in [0, 0.1) is 0 Å². The highest BCUT2D eigenvalue weighted by Crippen LogP contribution is 2.41. The lowest BCUT2D eigenvalue weighted by Crippen LogP contribution is -2.54. The number of piperidine rings is 1. The Morgan fingerprint density at radius 1 is 1.11 bits per heavy atom. The number of nitrogens with zero attached hydrogens (tertiary/aromatic N) is 1. The number of halogens is 3. The summed E-state index contributed by atoms with van der Waals surface area (Å²) in [5.41, 5.74) is 1.15. The van der Waals surface area contributed by atoms with Gasteiger partial charge in [-0.3, -0.25) is 5.84 Å². The second-order valence-electron chi connectivity index (χ2n) is 6.75. The van der Waals surface area contributed by atoms with Crippen LogP contribution < -0.4 is 15.3 Å². The molecular weight excluding hydrogens is 357 g/mol.